The molecular formula is C14H21N3OS. The minimum absolute atomic E-state index is 0.0760. The van der Waals surface area contributed by atoms with Crippen LogP contribution in [0.3, 0.4) is 0 Å². The number of nitrogens with two attached hydrogens (primary N) is 1. The van der Waals surface area contributed by atoms with E-state index >= 15 is 0 Å². The fraction of sp³-hybridized carbons (Fsp3) is 0.500. The minimum Gasteiger partial charge on any atom is -0.397 e. The molecular weight excluding hydrogens is 258 g/mol. The van der Waals surface area contributed by atoms with E-state index in [1.54, 1.807) is 6.07 Å². The fourth-order valence-corrected chi connectivity index (χ4v) is 3.41. The summed E-state index contributed by atoms with van der Waals surface area (Å²) in [5, 5.41) is 6.15. The molecule has 1 aliphatic heterocycles. The summed E-state index contributed by atoms with van der Waals surface area (Å²) in [5.74, 6) is 3.14. The maximum absolute atomic E-state index is 11.7. The third kappa shape index (κ3) is 3.80. The van der Waals surface area contributed by atoms with E-state index in [1.165, 1.54) is 17.9 Å². The van der Waals surface area contributed by atoms with Crippen LogP contribution in [0.1, 0.15) is 23.7 Å². The zero-order chi connectivity index (χ0) is 13.7. The molecule has 104 valence electrons. The number of carbonyl (C=O) groups is 1. The molecule has 19 heavy (non-hydrogen) atoms. The molecule has 1 amide bonds. The van der Waals surface area contributed by atoms with Gasteiger partial charge in [-0.1, -0.05) is 0 Å². The van der Waals surface area contributed by atoms with Gasteiger partial charge in [-0.2, -0.15) is 11.8 Å². The molecule has 4 nitrogen and oxygen atoms in total. The zero-order valence-electron chi connectivity index (χ0n) is 11.2. The van der Waals surface area contributed by atoms with Gasteiger partial charge in [0.25, 0.3) is 5.91 Å². The van der Waals surface area contributed by atoms with E-state index in [9.17, 15) is 4.79 Å². The van der Waals surface area contributed by atoms with Gasteiger partial charge in [0.1, 0.15) is 0 Å². The predicted molar refractivity (Wildman–Crippen MR) is 82.8 cm³/mol. The second kappa shape index (κ2) is 6.70. The van der Waals surface area contributed by atoms with Crippen molar-refractivity contribution in [2.45, 2.75) is 13.3 Å². The van der Waals surface area contributed by atoms with Crippen molar-refractivity contribution in [1.29, 1.82) is 0 Å². The van der Waals surface area contributed by atoms with Crippen LogP contribution in [0.2, 0.25) is 0 Å². The summed E-state index contributed by atoms with van der Waals surface area (Å²) in [7, 11) is 0. The Bertz CT molecular complexity index is 444. The maximum atomic E-state index is 11.7. The number of benzene rings is 1. The average molecular weight is 279 g/mol. The summed E-state index contributed by atoms with van der Waals surface area (Å²) in [5.41, 5.74) is 8.16. The maximum Gasteiger partial charge on any atom is 0.251 e. The SMILES string of the molecule is CCNC(=O)c1ccc(NCC2CCSC2)c(N)c1. The molecule has 1 fully saturated rings. The molecule has 0 bridgehead atoms. The van der Waals surface area contributed by atoms with E-state index in [1.807, 2.05) is 30.8 Å². The molecule has 5 heteroatoms. The molecule has 0 radical (unpaired) electrons. The van der Waals surface area contributed by atoms with Crippen LogP contribution in [0.5, 0.6) is 0 Å². The highest BCUT2D eigenvalue weighted by Gasteiger charge is 2.15. The number of hydrogen-bond acceptors (Lipinski definition) is 4. The van der Waals surface area contributed by atoms with Gasteiger partial charge in [-0.3, -0.25) is 4.79 Å². The van der Waals surface area contributed by atoms with Gasteiger partial charge in [0.2, 0.25) is 0 Å². The number of anilines is 2. The number of hydrogen-bond donors (Lipinski definition) is 3. The first kappa shape index (κ1) is 14.1. The average Bonchev–Trinajstić information content (AvgIpc) is 2.90. The zero-order valence-corrected chi connectivity index (χ0v) is 12.1. The van der Waals surface area contributed by atoms with Gasteiger partial charge < -0.3 is 16.4 Å². The predicted octanol–water partition coefficient (Wildman–Crippen LogP) is 2.18. The van der Waals surface area contributed by atoms with E-state index in [0.29, 0.717) is 17.8 Å². The quantitative estimate of drug-likeness (QED) is 0.723. The smallest absolute Gasteiger partial charge is 0.251 e. The summed E-state index contributed by atoms with van der Waals surface area (Å²) in [6.07, 6.45) is 1.27. The molecule has 0 aromatic heterocycles. The Balaban J connectivity index is 1.96. The van der Waals surface area contributed by atoms with Gasteiger partial charge in [-0.15, -0.1) is 0 Å². The number of rotatable bonds is 5. The number of carbonyl (C=O) groups excluding carboxylic acids is 1. The minimum atomic E-state index is -0.0760. The highest BCUT2D eigenvalue weighted by Crippen LogP contribution is 2.25. The lowest BCUT2D eigenvalue weighted by atomic mass is 10.1. The van der Waals surface area contributed by atoms with Crippen molar-refractivity contribution in [2.75, 3.05) is 35.6 Å². The van der Waals surface area contributed by atoms with Crippen LogP contribution in [0.4, 0.5) is 11.4 Å². The molecule has 1 atom stereocenters. The lowest BCUT2D eigenvalue weighted by Gasteiger charge is -2.14. The molecule has 1 aliphatic rings. The molecule has 1 saturated heterocycles. The molecule has 1 aromatic carbocycles. The Morgan fingerprint density at radius 1 is 1.53 bits per heavy atom. The Hall–Kier alpha value is -1.36. The largest absolute Gasteiger partial charge is 0.397 e. The number of amides is 1. The van der Waals surface area contributed by atoms with Crippen molar-refractivity contribution in [2.24, 2.45) is 5.92 Å². The molecule has 1 aromatic rings. The van der Waals surface area contributed by atoms with Gasteiger partial charge in [-0.25, -0.2) is 0 Å². The van der Waals surface area contributed by atoms with Gasteiger partial charge in [0.15, 0.2) is 0 Å². The molecule has 4 N–H and O–H groups in total. The van der Waals surface area contributed by atoms with Crippen molar-refractivity contribution in [3.8, 4) is 0 Å². The lowest BCUT2D eigenvalue weighted by molar-refractivity contribution is 0.0956. The van der Waals surface area contributed by atoms with Crippen LogP contribution in [0.25, 0.3) is 0 Å². The number of nitrogens with one attached hydrogen (secondary N) is 2. The Morgan fingerprint density at radius 3 is 3.00 bits per heavy atom. The van der Waals surface area contributed by atoms with Crippen molar-refractivity contribution < 1.29 is 4.79 Å². The molecule has 0 aliphatic carbocycles. The van der Waals surface area contributed by atoms with Crippen LogP contribution in [-0.2, 0) is 0 Å². The fourth-order valence-electron chi connectivity index (χ4n) is 2.13. The molecule has 0 saturated carbocycles. The van der Waals surface area contributed by atoms with Crippen LogP contribution in [0, 0.1) is 5.92 Å². The Kier molecular flexibility index (Phi) is 4.96. The summed E-state index contributed by atoms with van der Waals surface area (Å²) in [6, 6.07) is 5.44. The summed E-state index contributed by atoms with van der Waals surface area (Å²) in [6.45, 7) is 3.48. The first-order valence-electron chi connectivity index (χ1n) is 6.70. The lowest BCUT2D eigenvalue weighted by Crippen LogP contribution is -2.23. The normalized spacial score (nSPS) is 18.3. The van der Waals surface area contributed by atoms with Crippen LogP contribution < -0.4 is 16.4 Å². The van der Waals surface area contributed by atoms with E-state index < -0.39 is 0 Å². The van der Waals surface area contributed by atoms with Gasteiger partial charge >= 0.3 is 0 Å². The first-order valence-corrected chi connectivity index (χ1v) is 7.85. The summed E-state index contributed by atoms with van der Waals surface area (Å²) < 4.78 is 0. The van der Waals surface area contributed by atoms with E-state index in [-0.39, 0.29) is 5.91 Å². The van der Waals surface area contributed by atoms with Crippen molar-refractivity contribution in [3.63, 3.8) is 0 Å². The van der Waals surface area contributed by atoms with Gasteiger partial charge in [0.05, 0.1) is 11.4 Å². The molecule has 2 rings (SSSR count). The van der Waals surface area contributed by atoms with Crippen LogP contribution in [-0.4, -0.2) is 30.5 Å². The van der Waals surface area contributed by atoms with Crippen LogP contribution in [0.15, 0.2) is 18.2 Å². The second-order valence-corrected chi connectivity index (χ2v) is 5.92. The number of thioether (sulfide) groups is 1. The van der Waals surface area contributed by atoms with E-state index in [4.69, 9.17) is 5.73 Å². The monoisotopic (exact) mass is 279 g/mol. The highest BCUT2D eigenvalue weighted by atomic mass is 32.2. The van der Waals surface area contributed by atoms with E-state index in [2.05, 4.69) is 10.6 Å². The molecule has 1 heterocycles. The third-order valence-electron chi connectivity index (χ3n) is 3.26. The van der Waals surface area contributed by atoms with Crippen molar-refractivity contribution >= 4 is 29.0 Å². The third-order valence-corrected chi connectivity index (χ3v) is 4.49. The van der Waals surface area contributed by atoms with Crippen molar-refractivity contribution in [1.82, 2.24) is 5.32 Å². The topological polar surface area (TPSA) is 67.2 Å². The summed E-state index contributed by atoms with van der Waals surface area (Å²) >= 11 is 2.01. The Morgan fingerprint density at radius 2 is 2.37 bits per heavy atom. The summed E-state index contributed by atoms with van der Waals surface area (Å²) in [4.78, 5) is 11.7. The molecule has 0 spiro atoms. The molecule has 1 unspecified atom stereocenters. The highest BCUT2D eigenvalue weighted by molar-refractivity contribution is 7.99. The van der Waals surface area contributed by atoms with Crippen LogP contribution >= 0.6 is 11.8 Å². The van der Waals surface area contributed by atoms with Gasteiger partial charge in [-0.05, 0) is 49.0 Å². The first-order chi connectivity index (χ1) is 9.20. The number of nitrogen functional groups attached to an aromatic ring is 1. The second-order valence-electron chi connectivity index (χ2n) is 4.77. The Labute approximate surface area is 118 Å². The standard InChI is InChI=1S/C14H21N3OS/c1-2-16-14(18)11-3-4-13(12(15)7-11)17-8-10-5-6-19-9-10/h3-4,7,10,17H,2,5-6,8-9,15H2,1H3,(H,16,18). The van der Waals surface area contributed by atoms with Gasteiger partial charge in [0, 0.05) is 18.7 Å². The van der Waals surface area contributed by atoms with E-state index in [0.717, 1.165) is 18.2 Å². The van der Waals surface area contributed by atoms with Crippen molar-refractivity contribution in [3.05, 3.63) is 23.8 Å².